The van der Waals surface area contributed by atoms with Gasteiger partial charge in [0.25, 0.3) is 0 Å². The molecule has 0 saturated heterocycles. The molecule has 0 saturated carbocycles. The number of rotatable bonds is 6. The largest absolute Gasteiger partial charge is 0.490 e. The number of ether oxygens (including phenoxy) is 1. The van der Waals surface area contributed by atoms with Crippen molar-refractivity contribution in [3.8, 4) is 17.1 Å². The molecule has 0 aliphatic carbocycles. The molecule has 3 heteroatoms. The highest BCUT2D eigenvalue weighted by Crippen LogP contribution is 2.28. The van der Waals surface area contributed by atoms with E-state index in [9.17, 15) is 0 Å². The predicted molar refractivity (Wildman–Crippen MR) is 111 cm³/mol. The van der Waals surface area contributed by atoms with Crippen LogP contribution in [0.1, 0.15) is 11.1 Å². The van der Waals surface area contributed by atoms with E-state index in [0.29, 0.717) is 6.61 Å². The maximum atomic E-state index is 5.60. The second-order valence-electron chi connectivity index (χ2n) is 6.56. The molecular weight excluding hydrogens is 332 g/mol. The molecule has 0 unspecified atom stereocenters. The van der Waals surface area contributed by atoms with Crippen LogP contribution in [0.15, 0.2) is 85.5 Å². The number of para-hydroxylation sites is 2. The summed E-state index contributed by atoms with van der Waals surface area (Å²) < 4.78 is 7.89. The second kappa shape index (κ2) is 7.50. The van der Waals surface area contributed by atoms with Gasteiger partial charge in [-0.1, -0.05) is 49.1 Å². The summed E-state index contributed by atoms with van der Waals surface area (Å²) >= 11 is 0. The van der Waals surface area contributed by atoms with E-state index in [1.165, 1.54) is 11.1 Å². The molecule has 0 radical (unpaired) electrons. The van der Waals surface area contributed by atoms with Gasteiger partial charge in [0.1, 0.15) is 18.2 Å². The average molecular weight is 354 g/mol. The number of imidazole rings is 1. The van der Waals surface area contributed by atoms with E-state index in [0.717, 1.165) is 34.7 Å². The van der Waals surface area contributed by atoms with E-state index in [-0.39, 0.29) is 0 Å². The minimum absolute atomic E-state index is 0.505. The van der Waals surface area contributed by atoms with Crippen molar-refractivity contribution in [2.45, 2.75) is 13.5 Å². The third-order valence-corrected chi connectivity index (χ3v) is 4.72. The lowest BCUT2D eigenvalue weighted by atomic mass is 10.1. The van der Waals surface area contributed by atoms with Gasteiger partial charge in [-0.3, -0.25) is 0 Å². The Morgan fingerprint density at radius 3 is 2.48 bits per heavy atom. The van der Waals surface area contributed by atoms with Crippen LogP contribution in [-0.4, -0.2) is 16.2 Å². The number of benzene rings is 3. The number of aryl methyl sites for hydroxylation is 1. The topological polar surface area (TPSA) is 27.1 Å². The molecule has 0 spiro atoms. The third-order valence-electron chi connectivity index (χ3n) is 4.72. The van der Waals surface area contributed by atoms with Crippen molar-refractivity contribution < 1.29 is 4.74 Å². The smallest absolute Gasteiger partial charge is 0.141 e. The minimum Gasteiger partial charge on any atom is -0.490 e. The first kappa shape index (κ1) is 17.1. The number of nitrogens with zero attached hydrogens (tertiary/aromatic N) is 2. The molecular formula is C24H22N2O. The number of hydrogen-bond acceptors (Lipinski definition) is 2. The molecule has 4 rings (SSSR count). The molecule has 0 atom stereocenters. The maximum absolute atomic E-state index is 5.60. The Morgan fingerprint density at radius 1 is 0.963 bits per heavy atom. The van der Waals surface area contributed by atoms with Gasteiger partial charge in [0.05, 0.1) is 11.0 Å². The van der Waals surface area contributed by atoms with Crippen molar-refractivity contribution in [3.63, 3.8) is 0 Å². The normalized spacial score (nSPS) is 10.9. The van der Waals surface area contributed by atoms with E-state index < -0.39 is 0 Å². The van der Waals surface area contributed by atoms with E-state index >= 15 is 0 Å². The van der Waals surface area contributed by atoms with Gasteiger partial charge in [-0.25, -0.2) is 4.98 Å². The first-order chi connectivity index (χ1) is 13.3. The summed E-state index contributed by atoms with van der Waals surface area (Å²) in [6.07, 6.45) is 1.75. The molecule has 0 aliphatic heterocycles. The molecule has 134 valence electrons. The van der Waals surface area contributed by atoms with Crippen LogP contribution >= 0.6 is 0 Å². The van der Waals surface area contributed by atoms with Gasteiger partial charge in [-0.05, 0) is 54.4 Å². The monoisotopic (exact) mass is 354 g/mol. The summed E-state index contributed by atoms with van der Waals surface area (Å²) in [5, 5.41) is 0. The number of hydrogen-bond donors (Lipinski definition) is 0. The Morgan fingerprint density at radius 2 is 1.70 bits per heavy atom. The van der Waals surface area contributed by atoms with Crippen molar-refractivity contribution in [2.24, 2.45) is 0 Å². The fourth-order valence-electron chi connectivity index (χ4n) is 3.27. The van der Waals surface area contributed by atoms with Gasteiger partial charge >= 0.3 is 0 Å². The quantitative estimate of drug-likeness (QED) is 0.420. The minimum atomic E-state index is 0.505. The Kier molecular flexibility index (Phi) is 4.75. The lowest BCUT2D eigenvalue weighted by Crippen LogP contribution is -2.03. The first-order valence-corrected chi connectivity index (χ1v) is 9.10. The van der Waals surface area contributed by atoms with E-state index in [2.05, 4.69) is 72.7 Å². The SMILES string of the molecule is C=CCOc1ccc(-c2nc3ccccc3n2Cc2ccccc2C)cc1. The molecule has 0 N–H and O–H groups in total. The van der Waals surface area contributed by atoms with Gasteiger partial charge in [0.2, 0.25) is 0 Å². The molecule has 0 amide bonds. The van der Waals surface area contributed by atoms with Crippen LogP contribution in [0.2, 0.25) is 0 Å². The molecule has 27 heavy (non-hydrogen) atoms. The highest BCUT2D eigenvalue weighted by atomic mass is 16.5. The summed E-state index contributed by atoms with van der Waals surface area (Å²) in [4.78, 5) is 4.91. The summed E-state index contributed by atoms with van der Waals surface area (Å²) in [5.41, 5.74) is 5.81. The van der Waals surface area contributed by atoms with Crippen LogP contribution in [0.5, 0.6) is 5.75 Å². The van der Waals surface area contributed by atoms with Crippen LogP contribution in [-0.2, 0) is 6.54 Å². The summed E-state index contributed by atoms with van der Waals surface area (Å²) in [6, 6.07) is 24.9. The Labute approximate surface area is 159 Å². The van der Waals surface area contributed by atoms with E-state index in [4.69, 9.17) is 9.72 Å². The zero-order valence-corrected chi connectivity index (χ0v) is 15.4. The van der Waals surface area contributed by atoms with Gasteiger partial charge in [-0.15, -0.1) is 0 Å². The van der Waals surface area contributed by atoms with Crippen LogP contribution in [0.3, 0.4) is 0 Å². The molecule has 0 fully saturated rings. The van der Waals surface area contributed by atoms with Crippen LogP contribution in [0, 0.1) is 6.92 Å². The van der Waals surface area contributed by atoms with Gasteiger partial charge in [-0.2, -0.15) is 0 Å². The number of fused-ring (bicyclic) bond motifs is 1. The number of aromatic nitrogens is 2. The standard InChI is InChI=1S/C24H22N2O/c1-3-16-27-21-14-12-19(13-15-21)24-25-22-10-6-7-11-23(22)26(24)17-20-9-5-4-8-18(20)2/h3-15H,1,16-17H2,2H3. The Hall–Kier alpha value is -3.33. The van der Waals surface area contributed by atoms with Gasteiger partial charge in [0, 0.05) is 12.1 Å². The Balaban J connectivity index is 1.78. The van der Waals surface area contributed by atoms with Crippen LogP contribution in [0.25, 0.3) is 22.4 Å². The van der Waals surface area contributed by atoms with Gasteiger partial charge < -0.3 is 9.30 Å². The van der Waals surface area contributed by atoms with Crippen molar-refractivity contribution in [3.05, 3.63) is 96.6 Å². The lowest BCUT2D eigenvalue weighted by Gasteiger charge is -2.12. The highest BCUT2D eigenvalue weighted by molar-refractivity contribution is 5.80. The Bertz CT molecular complexity index is 1080. The molecule has 3 aromatic carbocycles. The third kappa shape index (κ3) is 3.49. The predicted octanol–water partition coefficient (Wildman–Crippen LogP) is 5.62. The van der Waals surface area contributed by atoms with E-state index in [1.807, 2.05) is 18.2 Å². The second-order valence-corrected chi connectivity index (χ2v) is 6.56. The van der Waals surface area contributed by atoms with E-state index in [1.54, 1.807) is 6.08 Å². The summed E-state index contributed by atoms with van der Waals surface area (Å²) in [6.45, 7) is 7.13. The lowest BCUT2D eigenvalue weighted by molar-refractivity contribution is 0.363. The molecule has 0 bridgehead atoms. The van der Waals surface area contributed by atoms with Crippen molar-refractivity contribution in [2.75, 3.05) is 6.61 Å². The van der Waals surface area contributed by atoms with Crippen molar-refractivity contribution in [1.29, 1.82) is 0 Å². The molecule has 3 nitrogen and oxygen atoms in total. The van der Waals surface area contributed by atoms with Crippen molar-refractivity contribution in [1.82, 2.24) is 9.55 Å². The molecule has 4 aromatic rings. The first-order valence-electron chi connectivity index (χ1n) is 9.10. The van der Waals surface area contributed by atoms with Gasteiger partial charge in [0.15, 0.2) is 0 Å². The zero-order valence-electron chi connectivity index (χ0n) is 15.4. The molecule has 1 aromatic heterocycles. The molecule has 1 heterocycles. The average Bonchev–Trinajstić information content (AvgIpc) is 3.07. The van der Waals surface area contributed by atoms with Crippen LogP contribution in [0.4, 0.5) is 0 Å². The summed E-state index contributed by atoms with van der Waals surface area (Å²) in [5.74, 6) is 1.80. The van der Waals surface area contributed by atoms with Crippen LogP contribution < -0.4 is 4.74 Å². The fraction of sp³-hybridized carbons (Fsp3) is 0.125. The summed E-state index contributed by atoms with van der Waals surface area (Å²) in [7, 11) is 0. The van der Waals surface area contributed by atoms with Crippen molar-refractivity contribution >= 4 is 11.0 Å². The molecule has 0 aliphatic rings. The maximum Gasteiger partial charge on any atom is 0.141 e. The zero-order chi connectivity index (χ0) is 18.6. The highest BCUT2D eigenvalue weighted by Gasteiger charge is 2.13. The fourth-order valence-corrected chi connectivity index (χ4v) is 3.27.